The summed E-state index contributed by atoms with van der Waals surface area (Å²) in [5, 5.41) is 13.2. The summed E-state index contributed by atoms with van der Waals surface area (Å²) in [6.07, 6.45) is 1.24. The molecule has 0 saturated heterocycles. The number of halogens is 1. The van der Waals surface area contributed by atoms with Gasteiger partial charge in [-0.25, -0.2) is 27.5 Å². The van der Waals surface area contributed by atoms with E-state index < -0.39 is 26.3 Å². The van der Waals surface area contributed by atoms with E-state index >= 15 is 0 Å². The van der Waals surface area contributed by atoms with Crippen molar-refractivity contribution < 1.29 is 12.8 Å². The number of rotatable bonds is 6. The van der Waals surface area contributed by atoms with Gasteiger partial charge < -0.3 is 0 Å². The van der Waals surface area contributed by atoms with Gasteiger partial charge in [-0.3, -0.25) is 9.78 Å². The molecule has 0 unspecified atom stereocenters. The summed E-state index contributed by atoms with van der Waals surface area (Å²) >= 11 is 0. The fourth-order valence-corrected chi connectivity index (χ4v) is 3.59. The van der Waals surface area contributed by atoms with Crippen LogP contribution in [0.25, 0.3) is 11.3 Å². The molecule has 1 heterocycles. The molecule has 1 aromatic heterocycles. The van der Waals surface area contributed by atoms with Crippen molar-refractivity contribution in [2.24, 2.45) is 5.10 Å². The first-order chi connectivity index (χ1) is 14.7. The van der Waals surface area contributed by atoms with Gasteiger partial charge in [0.15, 0.2) is 0 Å². The molecular formula is C20H17FN6O3S. The van der Waals surface area contributed by atoms with Crippen molar-refractivity contribution in [3.8, 4) is 17.3 Å². The molecule has 9 nitrogen and oxygen atoms in total. The minimum atomic E-state index is -3.97. The van der Waals surface area contributed by atoms with Gasteiger partial charge in [0.2, 0.25) is 16.0 Å². The summed E-state index contributed by atoms with van der Waals surface area (Å²) in [6, 6.07) is 14.1. The number of nitriles is 1. The molecule has 2 aromatic carbocycles. The monoisotopic (exact) mass is 440 g/mol. The highest BCUT2D eigenvalue weighted by Crippen LogP contribution is 2.20. The van der Waals surface area contributed by atoms with E-state index in [2.05, 4.69) is 20.5 Å². The van der Waals surface area contributed by atoms with Crippen molar-refractivity contribution >= 4 is 22.2 Å². The van der Waals surface area contributed by atoms with Crippen LogP contribution in [0.5, 0.6) is 0 Å². The van der Waals surface area contributed by atoms with Crippen molar-refractivity contribution in [3.63, 3.8) is 0 Å². The Balaban J connectivity index is 1.91. The van der Waals surface area contributed by atoms with Crippen molar-refractivity contribution in [2.75, 3.05) is 19.5 Å². The lowest BCUT2D eigenvalue weighted by Crippen LogP contribution is -2.23. The summed E-state index contributed by atoms with van der Waals surface area (Å²) in [5.41, 5.74) is 2.81. The van der Waals surface area contributed by atoms with E-state index in [-0.39, 0.29) is 17.2 Å². The van der Waals surface area contributed by atoms with Crippen molar-refractivity contribution in [2.45, 2.75) is 4.90 Å². The third-order valence-corrected chi connectivity index (χ3v) is 6.01. The number of benzene rings is 2. The number of anilines is 1. The molecule has 0 aliphatic heterocycles. The van der Waals surface area contributed by atoms with E-state index in [0.29, 0.717) is 11.1 Å². The van der Waals surface area contributed by atoms with Crippen LogP contribution in [-0.2, 0) is 10.0 Å². The number of aromatic nitrogens is 2. The molecular weight excluding hydrogens is 423 g/mol. The van der Waals surface area contributed by atoms with Crippen LogP contribution < -0.4 is 11.0 Å². The molecule has 0 saturated carbocycles. The van der Waals surface area contributed by atoms with Crippen LogP contribution in [0, 0.1) is 17.1 Å². The molecule has 3 aromatic rings. The van der Waals surface area contributed by atoms with E-state index in [1.165, 1.54) is 26.4 Å². The summed E-state index contributed by atoms with van der Waals surface area (Å²) in [6.45, 7) is 0. The summed E-state index contributed by atoms with van der Waals surface area (Å²) in [4.78, 5) is 18.4. The van der Waals surface area contributed by atoms with Gasteiger partial charge in [0.1, 0.15) is 22.3 Å². The second kappa shape index (κ2) is 8.86. The second-order valence-corrected chi connectivity index (χ2v) is 8.58. The number of hydrogen-bond acceptors (Lipinski definition) is 7. The lowest BCUT2D eigenvalue weighted by Gasteiger charge is -2.12. The highest BCUT2D eigenvalue weighted by molar-refractivity contribution is 7.89. The van der Waals surface area contributed by atoms with Crippen LogP contribution in [0.15, 0.2) is 63.3 Å². The number of hydrazone groups is 1. The van der Waals surface area contributed by atoms with Crippen LogP contribution >= 0.6 is 0 Å². The normalized spacial score (nSPS) is 11.6. The molecule has 0 aliphatic carbocycles. The minimum Gasteiger partial charge on any atom is -0.290 e. The number of sulfonamides is 1. The number of H-pyrrole nitrogens is 1. The zero-order valence-electron chi connectivity index (χ0n) is 16.5. The summed E-state index contributed by atoms with van der Waals surface area (Å²) in [7, 11) is -1.37. The lowest BCUT2D eigenvalue weighted by molar-refractivity contribution is 0.508. The van der Waals surface area contributed by atoms with E-state index in [1.54, 1.807) is 30.3 Å². The average molecular weight is 440 g/mol. The van der Waals surface area contributed by atoms with E-state index in [9.17, 15) is 22.9 Å². The van der Waals surface area contributed by atoms with Crippen molar-refractivity contribution in [3.05, 3.63) is 75.8 Å². The quantitative estimate of drug-likeness (QED) is 0.446. The fraction of sp³-hybridized carbons (Fsp3) is 0.100. The highest BCUT2D eigenvalue weighted by Gasteiger charge is 2.21. The molecule has 0 amide bonds. The molecule has 0 radical (unpaired) electrons. The Morgan fingerprint density at radius 2 is 1.94 bits per heavy atom. The van der Waals surface area contributed by atoms with Crippen LogP contribution in [-0.4, -0.2) is 43.0 Å². The summed E-state index contributed by atoms with van der Waals surface area (Å²) < 4.78 is 39.3. The second-order valence-electron chi connectivity index (χ2n) is 6.46. The van der Waals surface area contributed by atoms with Gasteiger partial charge >= 0.3 is 0 Å². The maximum Gasteiger partial charge on any atom is 0.270 e. The Morgan fingerprint density at radius 3 is 2.58 bits per heavy atom. The topological polar surface area (TPSA) is 131 Å². The van der Waals surface area contributed by atoms with Crippen LogP contribution in [0.3, 0.4) is 0 Å². The fourth-order valence-electron chi connectivity index (χ4n) is 2.60. The predicted octanol–water partition coefficient (Wildman–Crippen LogP) is 2.14. The molecule has 0 aliphatic rings. The molecule has 0 atom stereocenters. The van der Waals surface area contributed by atoms with Crippen LogP contribution in [0.4, 0.5) is 10.3 Å². The van der Waals surface area contributed by atoms with Gasteiger partial charge in [-0.15, -0.1) is 0 Å². The van der Waals surface area contributed by atoms with E-state index in [0.717, 1.165) is 16.4 Å². The van der Waals surface area contributed by atoms with Gasteiger partial charge in [0, 0.05) is 19.7 Å². The van der Waals surface area contributed by atoms with E-state index in [4.69, 9.17) is 0 Å². The molecule has 11 heteroatoms. The number of nitrogens with zero attached hydrogens (tertiary/aromatic N) is 4. The van der Waals surface area contributed by atoms with Crippen molar-refractivity contribution in [1.29, 1.82) is 5.26 Å². The molecule has 31 heavy (non-hydrogen) atoms. The lowest BCUT2D eigenvalue weighted by atomic mass is 10.1. The van der Waals surface area contributed by atoms with Gasteiger partial charge in [-0.2, -0.15) is 10.4 Å². The van der Waals surface area contributed by atoms with Gasteiger partial charge in [0.25, 0.3) is 5.56 Å². The molecule has 2 N–H and O–H groups in total. The Bertz CT molecular complexity index is 1350. The van der Waals surface area contributed by atoms with Gasteiger partial charge in [-0.05, 0) is 17.7 Å². The van der Waals surface area contributed by atoms with Gasteiger partial charge in [0.05, 0.1) is 11.9 Å². The smallest absolute Gasteiger partial charge is 0.270 e. The molecule has 0 spiro atoms. The highest BCUT2D eigenvalue weighted by atomic mass is 32.2. The third-order valence-electron chi connectivity index (χ3n) is 4.18. The molecule has 0 bridgehead atoms. The largest absolute Gasteiger partial charge is 0.290 e. The minimum absolute atomic E-state index is 0.0256. The Labute approximate surface area is 177 Å². The predicted molar refractivity (Wildman–Crippen MR) is 113 cm³/mol. The van der Waals surface area contributed by atoms with Crippen LogP contribution in [0.2, 0.25) is 0 Å². The number of hydrogen-bond donors (Lipinski definition) is 2. The summed E-state index contributed by atoms with van der Waals surface area (Å²) in [5.74, 6) is -0.910. The zero-order valence-corrected chi connectivity index (χ0v) is 17.3. The molecule has 158 valence electrons. The first-order valence-electron chi connectivity index (χ1n) is 8.85. The van der Waals surface area contributed by atoms with Crippen molar-refractivity contribution in [1.82, 2.24) is 14.3 Å². The molecule has 0 fully saturated rings. The maximum absolute atomic E-state index is 14.0. The standard InChI is InChI=1S/C20H17FN6O3S/c1-27(2)31(29,30)17-10-13(8-9-16(17)21)12-23-26-20-24-18(14-6-4-3-5-7-14)15(11-22)19(28)25-20/h3-10,12H,1-2H3,(H2,24,25,26,28). The number of nitrogens with one attached hydrogen (secondary N) is 2. The Morgan fingerprint density at radius 1 is 1.23 bits per heavy atom. The van der Waals surface area contributed by atoms with Crippen LogP contribution in [0.1, 0.15) is 11.1 Å². The first kappa shape index (κ1) is 21.8. The average Bonchev–Trinajstić information content (AvgIpc) is 2.75. The SMILES string of the molecule is CN(C)S(=O)(=O)c1cc(C=NNc2nc(-c3ccccc3)c(C#N)c(=O)[nH]2)ccc1F. The first-order valence-corrected chi connectivity index (χ1v) is 10.3. The molecule has 3 rings (SSSR count). The van der Waals surface area contributed by atoms with Gasteiger partial charge in [-0.1, -0.05) is 36.4 Å². The number of aromatic amines is 1. The third kappa shape index (κ3) is 4.66. The van der Waals surface area contributed by atoms with E-state index in [1.807, 2.05) is 6.07 Å². The Hall–Kier alpha value is -3.88. The zero-order chi connectivity index (χ0) is 22.6. The Kier molecular flexibility index (Phi) is 6.24. The maximum atomic E-state index is 14.0.